The number of carbonyl (C=O) groups excluding carboxylic acids is 2. The van der Waals surface area contributed by atoms with Crippen molar-refractivity contribution in [3.63, 3.8) is 0 Å². The highest BCUT2D eigenvalue weighted by molar-refractivity contribution is 5.83. The number of fused-ring (bicyclic) bond motifs is 1. The minimum Gasteiger partial charge on any atom is -0.410 e. The van der Waals surface area contributed by atoms with Gasteiger partial charge in [0.05, 0.1) is 11.3 Å². The van der Waals surface area contributed by atoms with Crippen LogP contribution in [0.2, 0.25) is 0 Å². The van der Waals surface area contributed by atoms with Gasteiger partial charge in [-0.3, -0.25) is 19.5 Å². The van der Waals surface area contributed by atoms with Crippen LogP contribution in [-0.2, 0) is 16.0 Å². The summed E-state index contributed by atoms with van der Waals surface area (Å²) in [5, 5.41) is 34.8. The third-order valence-electron chi connectivity index (χ3n) is 7.79. The first-order valence-electron chi connectivity index (χ1n) is 13.7. The maximum absolute atomic E-state index is 12.6. The smallest absolute Gasteiger partial charge is 0.410 e. The number of nitrogens with zero attached hydrogens (tertiary/aromatic N) is 6. The molecule has 42 heavy (non-hydrogen) atoms. The van der Waals surface area contributed by atoms with E-state index in [9.17, 15) is 29.9 Å². The maximum Gasteiger partial charge on any atom is 0.415 e. The zero-order chi connectivity index (χ0) is 29.5. The van der Waals surface area contributed by atoms with Gasteiger partial charge in [-0.05, 0) is 43.7 Å². The molecule has 1 aromatic carbocycles. The van der Waals surface area contributed by atoms with Crippen molar-refractivity contribution >= 4 is 34.7 Å². The Morgan fingerprint density at radius 3 is 2.50 bits per heavy atom. The summed E-state index contributed by atoms with van der Waals surface area (Å²) in [6.45, 7) is 0.882. The van der Waals surface area contributed by atoms with Crippen molar-refractivity contribution < 1.29 is 34.2 Å². The zero-order valence-corrected chi connectivity index (χ0v) is 22.4. The average Bonchev–Trinajstić information content (AvgIpc) is 3.61. The van der Waals surface area contributed by atoms with E-state index in [0.29, 0.717) is 49.3 Å². The van der Waals surface area contributed by atoms with Crippen LogP contribution in [0.5, 0.6) is 5.75 Å². The number of nitro benzene ring substituents is 1. The molecule has 4 atom stereocenters. The van der Waals surface area contributed by atoms with Gasteiger partial charge in [-0.15, -0.1) is 0 Å². The highest BCUT2D eigenvalue weighted by Crippen LogP contribution is 2.33. The number of nitrogen functional groups attached to an aromatic ring is 1. The van der Waals surface area contributed by atoms with Crippen molar-refractivity contribution in [3.05, 3.63) is 46.5 Å². The SMILES string of the molecule is Nc1nc(CC2CCN(C(=O)Oc3ccc([N+](=O)[O-])cc3)CC2)nc2c1ncn2[C@@H]1O[C@H](C(=O)NC2CC2)[C@H](O)C1O. The van der Waals surface area contributed by atoms with Crippen molar-refractivity contribution in [2.24, 2.45) is 5.92 Å². The Kier molecular flexibility index (Phi) is 7.34. The summed E-state index contributed by atoms with van der Waals surface area (Å²) in [4.78, 5) is 50.3. The molecule has 3 aliphatic rings. The van der Waals surface area contributed by atoms with Crippen molar-refractivity contribution in [1.82, 2.24) is 29.7 Å². The van der Waals surface area contributed by atoms with Crippen LogP contribution in [0.3, 0.4) is 0 Å². The summed E-state index contributed by atoms with van der Waals surface area (Å²) in [6.07, 6.45) is -0.784. The van der Waals surface area contributed by atoms with Crippen LogP contribution >= 0.6 is 0 Å². The molecule has 3 fully saturated rings. The Morgan fingerprint density at radius 1 is 1.12 bits per heavy atom. The van der Waals surface area contributed by atoms with Crippen LogP contribution in [-0.4, -0.2) is 89.0 Å². The molecule has 0 spiro atoms. The number of hydrogen-bond donors (Lipinski definition) is 4. The molecule has 2 saturated heterocycles. The van der Waals surface area contributed by atoms with Crippen molar-refractivity contribution in [2.75, 3.05) is 18.8 Å². The van der Waals surface area contributed by atoms with E-state index in [1.165, 1.54) is 35.2 Å². The van der Waals surface area contributed by atoms with E-state index in [2.05, 4.69) is 20.3 Å². The van der Waals surface area contributed by atoms with E-state index in [-0.39, 0.29) is 29.2 Å². The number of carbonyl (C=O) groups is 2. The molecule has 16 nitrogen and oxygen atoms in total. The molecule has 16 heteroatoms. The van der Waals surface area contributed by atoms with Gasteiger partial charge in [-0.25, -0.2) is 19.7 Å². The summed E-state index contributed by atoms with van der Waals surface area (Å²) in [5.74, 6) is 0.486. The molecule has 3 aromatic rings. The number of rotatable bonds is 7. The van der Waals surface area contributed by atoms with Gasteiger partial charge in [0.2, 0.25) is 0 Å². The van der Waals surface area contributed by atoms with Crippen molar-refractivity contribution in [1.29, 1.82) is 0 Å². The Morgan fingerprint density at radius 2 is 1.83 bits per heavy atom. The quantitative estimate of drug-likeness (QED) is 0.223. The molecule has 2 aliphatic heterocycles. The first kappa shape index (κ1) is 27.7. The topological polar surface area (TPSA) is 221 Å². The summed E-state index contributed by atoms with van der Waals surface area (Å²) in [5.41, 5.74) is 6.70. The first-order chi connectivity index (χ1) is 20.2. The second kappa shape index (κ2) is 11.1. The standard InChI is InChI=1S/C26H30N8O8/c27-22-18-23(33(12-28-18)25-20(36)19(35)21(42-25)24(37)29-14-1-2-14)31-17(30-22)11-13-7-9-32(10-8-13)26(38)41-16-5-3-15(4-6-16)34(39)40/h3-6,12-14,19-21,25,35-36H,1-2,7-11H2,(H,29,37)(H2,27,30,31)/t19-,20?,21+,25-/m1/s1. The van der Waals surface area contributed by atoms with Gasteiger partial charge < -0.3 is 35.6 Å². The lowest BCUT2D eigenvalue weighted by atomic mass is 9.93. The van der Waals surface area contributed by atoms with Crippen LogP contribution < -0.4 is 15.8 Å². The molecule has 5 N–H and O–H groups in total. The lowest BCUT2D eigenvalue weighted by Gasteiger charge is -2.31. The fraction of sp³-hybridized carbons (Fsp3) is 0.500. The Labute approximate surface area is 238 Å². The van der Waals surface area contributed by atoms with Crippen LogP contribution in [0.4, 0.5) is 16.3 Å². The normalized spacial score (nSPS) is 24.6. The summed E-state index contributed by atoms with van der Waals surface area (Å²) in [7, 11) is 0. The molecule has 2 amide bonds. The van der Waals surface area contributed by atoms with Gasteiger partial charge >= 0.3 is 6.09 Å². The predicted molar refractivity (Wildman–Crippen MR) is 144 cm³/mol. The number of hydrogen-bond acceptors (Lipinski definition) is 12. The van der Waals surface area contributed by atoms with Gasteiger partial charge in [-0.2, -0.15) is 0 Å². The van der Waals surface area contributed by atoms with Crippen LogP contribution in [0.1, 0.15) is 37.7 Å². The maximum atomic E-state index is 12.6. The number of anilines is 1. The molecule has 1 saturated carbocycles. The van der Waals surface area contributed by atoms with E-state index in [1.54, 1.807) is 4.90 Å². The molecule has 1 unspecified atom stereocenters. The second-order valence-corrected chi connectivity index (χ2v) is 10.8. The fourth-order valence-electron chi connectivity index (χ4n) is 5.26. The third kappa shape index (κ3) is 5.55. The summed E-state index contributed by atoms with van der Waals surface area (Å²) < 4.78 is 12.6. The lowest BCUT2D eigenvalue weighted by Crippen LogP contribution is -2.43. The highest BCUT2D eigenvalue weighted by Gasteiger charge is 2.48. The number of nitrogens with two attached hydrogens (primary N) is 1. The molecule has 6 rings (SSSR count). The number of likely N-dealkylation sites (tertiary alicyclic amines) is 1. The van der Waals surface area contributed by atoms with Gasteiger partial charge in [0.25, 0.3) is 11.6 Å². The van der Waals surface area contributed by atoms with E-state index in [1.807, 2.05) is 0 Å². The molecular weight excluding hydrogens is 552 g/mol. The molecule has 4 heterocycles. The lowest BCUT2D eigenvalue weighted by molar-refractivity contribution is -0.384. The number of imidazole rings is 1. The number of aromatic nitrogens is 4. The van der Waals surface area contributed by atoms with E-state index in [0.717, 1.165) is 12.8 Å². The monoisotopic (exact) mass is 582 g/mol. The molecule has 0 radical (unpaired) electrons. The minimum atomic E-state index is -1.43. The van der Waals surface area contributed by atoms with Gasteiger partial charge in [0.15, 0.2) is 23.8 Å². The van der Waals surface area contributed by atoms with Crippen molar-refractivity contribution in [3.8, 4) is 5.75 Å². The fourth-order valence-corrected chi connectivity index (χ4v) is 5.26. The van der Waals surface area contributed by atoms with Gasteiger partial charge in [-0.1, -0.05) is 0 Å². The Bertz CT molecular complexity index is 1500. The number of aliphatic hydroxyl groups excluding tert-OH is 2. The summed E-state index contributed by atoms with van der Waals surface area (Å²) >= 11 is 0. The molecule has 1 aliphatic carbocycles. The van der Waals surface area contributed by atoms with Crippen LogP contribution in [0.25, 0.3) is 11.2 Å². The van der Waals surface area contributed by atoms with Crippen LogP contribution in [0.15, 0.2) is 30.6 Å². The largest absolute Gasteiger partial charge is 0.415 e. The number of non-ortho nitro benzene ring substituents is 1. The average molecular weight is 583 g/mol. The molecule has 222 valence electrons. The summed E-state index contributed by atoms with van der Waals surface area (Å²) in [6, 6.07) is 5.38. The molecular formula is C26H30N8O8. The van der Waals surface area contributed by atoms with E-state index in [4.69, 9.17) is 15.2 Å². The third-order valence-corrected chi connectivity index (χ3v) is 7.79. The number of nitrogens with one attached hydrogen (secondary N) is 1. The Balaban J connectivity index is 1.09. The molecule has 0 bridgehead atoms. The number of ether oxygens (including phenoxy) is 2. The molecule has 2 aromatic heterocycles. The number of aliphatic hydroxyl groups is 2. The van der Waals surface area contributed by atoms with Gasteiger partial charge in [0.1, 0.15) is 29.3 Å². The van der Waals surface area contributed by atoms with E-state index >= 15 is 0 Å². The minimum absolute atomic E-state index is 0.0706. The second-order valence-electron chi connectivity index (χ2n) is 10.8. The number of piperidine rings is 1. The number of nitro groups is 1. The predicted octanol–water partition coefficient (Wildman–Crippen LogP) is 0.668. The number of amides is 2. The van der Waals surface area contributed by atoms with E-state index < -0.39 is 41.5 Å². The number of benzene rings is 1. The zero-order valence-electron chi connectivity index (χ0n) is 22.4. The van der Waals surface area contributed by atoms with Gasteiger partial charge in [0, 0.05) is 37.7 Å². The Hall–Kier alpha value is -4.41. The van der Waals surface area contributed by atoms with Crippen molar-refractivity contribution in [2.45, 2.75) is 62.7 Å². The first-order valence-corrected chi connectivity index (χ1v) is 13.7. The highest BCUT2D eigenvalue weighted by atomic mass is 16.6. The van der Waals surface area contributed by atoms with Crippen LogP contribution in [0, 0.1) is 16.0 Å².